The number of rotatable bonds is 1. The van der Waals surface area contributed by atoms with Crippen molar-refractivity contribution in [3.63, 3.8) is 0 Å². The van der Waals surface area contributed by atoms with Crippen LogP contribution in [0.25, 0.3) is 5.57 Å². The minimum absolute atomic E-state index is 0.248. The third kappa shape index (κ3) is 3.08. The van der Waals surface area contributed by atoms with Gasteiger partial charge in [0.05, 0.1) is 5.56 Å². The average molecular weight is 428 g/mol. The lowest BCUT2D eigenvalue weighted by Crippen LogP contribution is -2.50. The topological polar surface area (TPSA) is 72.6 Å². The number of primary amides is 1. The van der Waals surface area contributed by atoms with E-state index in [1.54, 1.807) is 18.2 Å². The summed E-state index contributed by atoms with van der Waals surface area (Å²) in [5.41, 5.74) is 9.13. The summed E-state index contributed by atoms with van der Waals surface area (Å²) >= 11 is 0. The van der Waals surface area contributed by atoms with Crippen LogP contribution in [0.2, 0.25) is 0 Å². The van der Waals surface area contributed by atoms with Crippen molar-refractivity contribution in [3.8, 4) is 11.5 Å². The van der Waals surface area contributed by atoms with Gasteiger partial charge in [0, 0.05) is 23.2 Å². The smallest absolute Gasteiger partial charge is 0.455 e. The summed E-state index contributed by atoms with van der Waals surface area (Å²) in [4.78, 5) is 25.0. The summed E-state index contributed by atoms with van der Waals surface area (Å²) < 4.78 is 45.3. The molecule has 5 nitrogen and oxygen atoms in total. The van der Waals surface area contributed by atoms with E-state index in [1.807, 2.05) is 24.3 Å². The molecular formula is C23H19F3N2O3. The monoisotopic (exact) mass is 428 g/mol. The van der Waals surface area contributed by atoms with E-state index < -0.39 is 30.1 Å². The van der Waals surface area contributed by atoms with E-state index in [-0.39, 0.29) is 5.56 Å². The Morgan fingerprint density at radius 2 is 1.61 bits per heavy atom. The predicted octanol–water partition coefficient (Wildman–Crippen LogP) is 4.41. The Hall–Kier alpha value is -3.29. The molecule has 160 valence electrons. The van der Waals surface area contributed by atoms with Gasteiger partial charge in [0.15, 0.2) is 0 Å². The second-order valence-electron chi connectivity index (χ2n) is 8.13. The summed E-state index contributed by atoms with van der Waals surface area (Å²) in [5.74, 6) is -1.45. The molecule has 2 fully saturated rings. The van der Waals surface area contributed by atoms with Crippen LogP contribution in [0.4, 0.5) is 13.2 Å². The van der Waals surface area contributed by atoms with Gasteiger partial charge in [-0.05, 0) is 43.4 Å². The normalized spacial score (nSPS) is 22.0. The van der Waals surface area contributed by atoms with E-state index >= 15 is 0 Å². The molecule has 2 amide bonds. The lowest BCUT2D eigenvalue weighted by molar-refractivity contribution is -0.189. The Bertz CT molecular complexity index is 1120. The second-order valence-corrected chi connectivity index (χ2v) is 8.13. The van der Waals surface area contributed by atoms with Crippen molar-refractivity contribution < 1.29 is 27.5 Å². The van der Waals surface area contributed by atoms with Crippen molar-refractivity contribution >= 4 is 17.4 Å². The molecule has 3 aliphatic heterocycles. The fourth-order valence-electron chi connectivity index (χ4n) is 5.13. The summed E-state index contributed by atoms with van der Waals surface area (Å²) in [6.45, 7) is 0. The Balaban J connectivity index is 1.64. The minimum Gasteiger partial charge on any atom is -0.455 e. The van der Waals surface area contributed by atoms with Gasteiger partial charge in [-0.1, -0.05) is 35.9 Å². The molecule has 0 saturated carbocycles. The van der Waals surface area contributed by atoms with Crippen molar-refractivity contribution in [2.45, 2.75) is 43.9 Å². The van der Waals surface area contributed by atoms with E-state index in [0.29, 0.717) is 42.7 Å². The van der Waals surface area contributed by atoms with E-state index in [0.717, 1.165) is 21.6 Å². The minimum atomic E-state index is -4.88. The third-order valence-electron chi connectivity index (χ3n) is 6.33. The maximum atomic E-state index is 13.1. The molecule has 2 atom stereocenters. The number of piperidine rings is 1. The molecule has 5 rings (SSSR count). The molecule has 3 heterocycles. The standard InChI is InChI=1S/C23H19F3N2O3/c24-23(25,26)22(30)28-13-8-9-14(28)11-12(10-13)19-15-4-1-2-7-18(15)31-20-16(19)5-3-6-17(20)21(27)29/h1-7,13-14H,8-11H2,(H2,27,29). The van der Waals surface area contributed by atoms with Crippen LogP contribution in [0.3, 0.4) is 0 Å². The number of nitrogens with two attached hydrogens (primary N) is 1. The lowest BCUT2D eigenvalue weighted by atomic mass is 9.83. The Labute approximate surface area is 176 Å². The molecule has 0 aliphatic carbocycles. The number of hydrogen-bond donors (Lipinski definition) is 1. The highest BCUT2D eigenvalue weighted by Gasteiger charge is 2.51. The molecular weight excluding hydrogens is 409 g/mol. The number of hydrogen-bond acceptors (Lipinski definition) is 3. The number of ether oxygens (including phenoxy) is 1. The molecule has 31 heavy (non-hydrogen) atoms. The number of amides is 2. The summed E-state index contributed by atoms with van der Waals surface area (Å²) in [6, 6.07) is 11.5. The molecule has 3 aliphatic rings. The van der Waals surface area contributed by atoms with Gasteiger partial charge in [0.2, 0.25) is 0 Å². The van der Waals surface area contributed by atoms with Crippen LogP contribution < -0.4 is 10.5 Å². The molecule has 2 N–H and O–H groups in total. The number of halogens is 3. The Morgan fingerprint density at radius 3 is 2.26 bits per heavy atom. The van der Waals surface area contributed by atoms with Gasteiger partial charge in [0.25, 0.3) is 5.91 Å². The summed E-state index contributed by atoms with van der Waals surface area (Å²) in [6.07, 6.45) is -3.10. The molecule has 0 spiro atoms. The second kappa shape index (κ2) is 6.87. The zero-order chi connectivity index (χ0) is 21.9. The first-order valence-electron chi connectivity index (χ1n) is 10.1. The van der Waals surface area contributed by atoms with Crippen molar-refractivity contribution in [2.75, 3.05) is 0 Å². The number of carbonyl (C=O) groups is 2. The zero-order valence-corrected chi connectivity index (χ0v) is 16.4. The molecule has 0 aromatic heterocycles. The Kier molecular flexibility index (Phi) is 4.35. The van der Waals surface area contributed by atoms with E-state index in [2.05, 4.69) is 0 Å². The van der Waals surface area contributed by atoms with E-state index in [4.69, 9.17) is 10.5 Å². The van der Waals surface area contributed by atoms with Crippen molar-refractivity contribution in [1.29, 1.82) is 0 Å². The van der Waals surface area contributed by atoms with Crippen molar-refractivity contribution in [1.82, 2.24) is 4.90 Å². The molecule has 2 bridgehead atoms. The molecule has 2 aromatic rings. The lowest BCUT2D eigenvalue weighted by Gasteiger charge is -2.38. The molecule has 2 aromatic carbocycles. The highest BCUT2D eigenvalue weighted by Crippen LogP contribution is 2.50. The van der Waals surface area contributed by atoms with Crippen LogP contribution in [0.1, 0.15) is 47.2 Å². The number of nitrogens with zero attached hydrogens (tertiary/aromatic N) is 1. The van der Waals surface area contributed by atoms with Crippen LogP contribution in [0.15, 0.2) is 48.0 Å². The summed E-state index contributed by atoms with van der Waals surface area (Å²) in [5, 5.41) is 0. The molecule has 2 saturated heterocycles. The highest BCUT2D eigenvalue weighted by molar-refractivity contribution is 6.00. The van der Waals surface area contributed by atoms with Crippen LogP contribution in [0.5, 0.6) is 11.5 Å². The van der Waals surface area contributed by atoms with Crippen molar-refractivity contribution in [2.24, 2.45) is 5.73 Å². The number of benzene rings is 2. The van der Waals surface area contributed by atoms with Gasteiger partial charge >= 0.3 is 12.1 Å². The number of para-hydroxylation sites is 2. The first-order valence-corrected chi connectivity index (χ1v) is 10.1. The largest absolute Gasteiger partial charge is 0.471 e. The van der Waals surface area contributed by atoms with Crippen LogP contribution >= 0.6 is 0 Å². The summed E-state index contributed by atoms with van der Waals surface area (Å²) in [7, 11) is 0. The number of fused-ring (bicyclic) bond motifs is 4. The van der Waals surface area contributed by atoms with E-state index in [1.165, 1.54) is 0 Å². The van der Waals surface area contributed by atoms with Gasteiger partial charge in [0.1, 0.15) is 11.5 Å². The zero-order valence-electron chi connectivity index (χ0n) is 16.4. The van der Waals surface area contributed by atoms with Crippen LogP contribution in [-0.4, -0.2) is 35.0 Å². The predicted molar refractivity (Wildman–Crippen MR) is 106 cm³/mol. The molecule has 8 heteroatoms. The van der Waals surface area contributed by atoms with Gasteiger partial charge in [-0.2, -0.15) is 13.2 Å². The SMILES string of the molecule is NC(=O)c1cccc2c1Oc1ccccc1C2=C1CC2CCC(C1)N2C(=O)C(F)(F)F. The maximum Gasteiger partial charge on any atom is 0.471 e. The fraction of sp³-hybridized carbons (Fsp3) is 0.304. The van der Waals surface area contributed by atoms with Crippen LogP contribution in [0, 0.1) is 0 Å². The van der Waals surface area contributed by atoms with Crippen molar-refractivity contribution in [3.05, 3.63) is 64.7 Å². The van der Waals surface area contributed by atoms with Gasteiger partial charge in [-0.25, -0.2) is 0 Å². The first-order chi connectivity index (χ1) is 14.8. The molecule has 2 unspecified atom stereocenters. The fourth-order valence-corrected chi connectivity index (χ4v) is 5.13. The van der Waals surface area contributed by atoms with Crippen LogP contribution in [-0.2, 0) is 4.79 Å². The maximum absolute atomic E-state index is 13.1. The number of carbonyl (C=O) groups excluding carboxylic acids is 2. The van der Waals surface area contributed by atoms with Gasteiger partial charge < -0.3 is 15.4 Å². The highest BCUT2D eigenvalue weighted by atomic mass is 19.4. The molecule has 0 radical (unpaired) electrons. The Morgan fingerprint density at radius 1 is 0.968 bits per heavy atom. The quantitative estimate of drug-likeness (QED) is 0.624. The van der Waals surface area contributed by atoms with Gasteiger partial charge in [-0.15, -0.1) is 0 Å². The third-order valence-corrected chi connectivity index (χ3v) is 6.33. The van der Waals surface area contributed by atoms with E-state index in [9.17, 15) is 22.8 Å². The first kappa shape index (κ1) is 19.7. The van der Waals surface area contributed by atoms with Gasteiger partial charge in [-0.3, -0.25) is 9.59 Å². The number of alkyl halides is 3. The average Bonchev–Trinajstić information content (AvgIpc) is 2.99.